The van der Waals surface area contributed by atoms with Gasteiger partial charge in [0.25, 0.3) is 5.91 Å². The number of hydrogen-bond acceptors (Lipinski definition) is 6. The molecule has 3 N–H and O–H groups in total. The number of fused-ring (bicyclic) bond motifs is 1. The van der Waals surface area contributed by atoms with Gasteiger partial charge in [-0.1, -0.05) is 55.6 Å². The molecule has 1 fully saturated rings. The minimum Gasteiger partial charge on any atom is -0.351 e. The summed E-state index contributed by atoms with van der Waals surface area (Å²) in [5, 5.41) is 11.4. The first-order chi connectivity index (χ1) is 15.6. The van der Waals surface area contributed by atoms with Crippen LogP contribution in [0.25, 0.3) is 10.8 Å². The molecular formula is C23H27N5O4. The van der Waals surface area contributed by atoms with Gasteiger partial charge in [0.2, 0.25) is 5.91 Å². The van der Waals surface area contributed by atoms with Crippen LogP contribution in [0.15, 0.2) is 45.8 Å². The number of nitrogens with zero attached hydrogens (tertiary/aromatic N) is 2. The second-order valence-electron chi connectivity index (χ2n) is 8.18. The van der Waals surface area contributed by atoms with Crippen molar-refractivity contribution in [3.8, 4) is 0 Å². The molecule has 1 aromatic carbocycles. The van der Waals surface area contributed by atoms with Crippen molar-refractivity contribution in [1.82, 2.24) is 25.8 Å². The third-order valence-corrected chi connectivity index (χ3v) is 6.01. The number of carbonyl (C=O) groups excluding carboxylic acids is 2. The zero-order chi connectivity index (χ0) is 22.5. The van der Waals surface area contributed by atoms with Crippen LogP contribution in [0.2, 0.25) is 0 Å². The fourth-order valence-corrected chi connectivity index (χ4v) is 4.35. The molecule has 0 aliphatic heterocycles. The SMILES string of the molecule is CCCC[C@H](NC(=O)c1nccc2ccccc12)C(=O)N[C@H]1CCC[C@H]1c1noc(=O)[nH]1. The van der Waals surface area contributed by atoms with Gasteiger partial charge in [-0.3, -0.25) is 24.1 Å². The van der Waals surface area contributed by atoms with Crippen LogP contribution in [0, 0.1) is 0 Å². The van der Waals surface area contributed by atoms with Gasteiger partial charge >= 0.3 is 5.76 Å². The Morgan fingerprint density at radius 1 is 1.25 bits per heavy atom. The summed E-state index contributed by atoms with van der Waals surface area (Å²) in [4.78, 5) is 44.4. The lowest BCUT2D eigenvalue weighted by Gasteiger charge is -2.23. The third kappa shape index (κ3) is 4.71. The Kier molecular flexibility index (Phi) is 6.63. The number of unbranched alkanes of at least 4 members (excludes halogenated alkanes) is 1. The number of benzene rings is 1. The normalized spacial score (nSPS) is 19.0. The van der Waals surface area contributed by atoms with E-state index >= 15 is 0 Å². The predicted molar refractivity (Wildman–Crippen MR) is 118 cm³/mol. The zero-order valence-electron chi connectivity index (χ0n) is 18.0. The molecule has 0 saturated heterocycles. The molecule has 2 amide bonds. The average Bonchev–Trinajstić information content (AvgIpc) is 3.44. The van der Waals surface area contributed by atoms with Crippen LogP contribution in [-0.4, -0.2) is 39.0 Å². The first-order valence-electron chi connectivity index (χ1n) is 11.1. The summed E-state index contributed by atoms with van der Waals surface area (Å²) in [6.07, 6.45) is 6.28. The standard InChI is InChI=1S/C23H27N5O4/c1-2-3-10-18(26-22(30)19-15-8-5-4-7-14(15)12-13-24-19)21(29)25-17-11-6-9-16(17)20-27-23(31)32-28-20/h4-5,7-8,12-13,16-18H,2-3,6,9-11H2,1H3,(H,25,29)(H,26,30)(H,27,28,31)/t16-,17+,18+/m1/s1. The van der Waals surface area contributed by atoms with E-state index < -0.39 is 11.8 Å². The largest absolute Gasteiger partial charge is 0.438 e. The zero-order valence-corrected chi connectivity index (χ0v) is 18.0. The van der Waals surface area contributed by atoms with E-state index in [-0.39, 0.29) is 23.8 Å². The molecule has 9 nitrogen and oxygen atoms in total. The number of amides is 2. The number of carbonyl (C=O) groups is 2. The molecule has 32 heavy (non-hydrogen) atoms. The molecule has 1 saturated carbocycles. The minimum atomic E-state index is -0.680. The van der Waals surface area contributed by atoms with Gasteiger partial charge in [0.15, 0.2) is 5.82 Å². The molecule has 3 atom stereocenters. The van der Waals surface area contributed by atoms with Crippen LogP contribution in [0.3, 0.4) is 0 Å². The Bertz CT molecular complexity index is 1150. The second kappa shape index (κ2) is 9.76. The molecule has 0 radical (unpaired) electrons. The number of rotatable bonds is 8. The van der Waals surface area contributed by atoms with E-state index in [0.29, 0.717) is 17.9 Å². The Morgan fingerprint density at radius 3 is 2.88 bits per heavy atom. The molecule has 0 spiro atoms. The van der Waals surface area contributed by atoms with Gasteiger partial charge in [0.1, 0.15) is 11.7 Å². The minimum absolute atomic E-state index is 0.118. The van der Waals surface area contributed by atoms with Gasteiger partial charge < -0.3 is 10.6 Å². The van der Waals surface area contributed by atoms with Crippen molar-refractivity contribution in [3.05, 3.63) is 58.6 Å². The summed E-state index contributed by atoms with van der Waals surface area (Å²) in [5.41, 5.74) is 0.302. The summed E-state index contributed by atoms with van der Waals surface area (Å²) in [6, 6.07) is 8.52. The van der Waals surface area contributed by atoms with E-state index in [2.05, 4.69) is 30.3 Å². The first-order valence-corrected chi connectivity index (χ1v) is 11.1. The highest BCUT2D eigenvalue weighted by Gasteiger charge is 2.34. The summed E-state index contributed by atoms with van der Waals surface area (Å²) in [6.45, 7) is 2.04. The van der Waals surface area contributed by atoms with Crippen LogP contribution in [0.4, 0.5) is 0 Å². The maximum absolute atomic E-state index is 13.2. The molecule has 2 heterocycles. The van der Waals surface area contributed by atoms with Crippen molar-refractivity contribution in [2.45, 2.75) is 63.5 Å². The number of H-pyrrole nitrogens is 1. The molecule has 0 bridgehead atoms. The van der Waals surface area contributed by atoms with Gasteiger partial charge in [-0.25, -0.2) is 4.79 Å². The van der Waals surface area contributed by atoms with Gasteiger partial charge in [-0.15, -0.1) is 0 Å². The Morgan fingerprint density at radius 2 is 2.09 bits per heavy atom. The smallest absolute Gasteiger partial charge is 0.351 e. The van der Waals surface area contributed by atoms with Crippen LogP contribution in [0.1, 0.15) is 67.7 Å². The fourth-order valence-electron chi connectivity index (χ4n) is 4.35. The van der Waals surface area contributed by atoms with Crippen LogP contribution >= 0.6 is 0 Å². The van der Waals surface area contributed by atoms with E-state index in [0.717, 1.165) is 42.9 Å². The van der Waals surface area contributed by atoms with Crippen molar-refractivity contribution in [2.75, 3.05) is 0 Å². The van der Waals surface area contributed by atoms with Crippen LogP contribution < -0.4 is 16.4 Å². The summed E-state index contributed by atoms with van der Waals surface area (Å²) in [7, 11) is 0. The number of hydrogen-bond donors (Lipinski definition) is 3. The number of pyridine rings is 1. The van der Waals surface area contributed by atoms with E-state index in [1.807, 2.05) is 37.3 Å². The van der Waals surface area contributed by atoms with Gasteiger partial charge in [0, 0.05) is 23.5 Å². The quantitative estimate of drug-likeness (QED) is 0.497. The number of aromatic amines is 1. The summed E-state index contributed by atoms with van der Waals surface area (Å²) in [5.74, 6) is -0.885. The monoisotopic (exact) mass is 437 g/mol. The summed E-state index contributed by atoms with van der Waals surface area (Å²) < 4.78 is 4.63. The Labute approximate surface area is 185 Å². The fraction of sp³-hybridized carbons (Fsp3) is 0.435. The van der Waals surface area contributed by atoms with E-state index in [4.69, 9.17) is 0 Å². The van der Waals surface area contributed by atoms with Gasteiger partial charge in [0.05, 0.1) is 0 Å². The topological polar surface area (TPSA) is 130 Å². The van der Waals surface area contributed by atoms with Crippen molar-refractivity contribution >= 4 is 22.6 Å². The van der Waals surface area contributed by atoms with Gasteiger partial charge in [-0.2, -0.15) is 0 Å². The van der Waals surface area contributed by atoms with E-state index in [9.17, 15) is 14.4 Å². The lowest BCUT2D eigenvalue weighted by Crippen LogP contribution is -2.50. The highest BCUT2D eigenvalue weighted by Crippen LogP contribution is 2.32. The van der Waals surface area contributed by atoms with Crippen molar-refractivity contribution in [3.63, 3.8) is 0 Å². The molecule has 3 aromatic rings. The highest BCUT2D eigenvalue weighted by atomic mass is 16.5. The van der Waals surface area contributed by atoms with Crippen molar-refractivity contribution in [1.29, 1.82) is 0 Å². The maximum Gasteiger partial charge on any atom is 0.438 e. The van der Waals surface area contributed by atoms with Crippen LogP contribution in [-0.2, 0) is 4.79 Å². The molecule has 4 rings (SSSR count). The number of nitrogens with one attached hydrogen (secondary N) is 3. The average molecular weight is 438 g/mol. The molecule has 9 heteroatoms. The maximum atomic E-state index is 13.2. The Hall–Kier alpha value is -3.49. The van der Waals surface area contributed by atoms with E-state index in [1.165, 1.54) is 0 Å². The van der Waals surface area contributed by atoms with Crippen molar-refractivity contribution in [2.24, 2.45) is 0 Å². The molecular weight excluding hydrogens is 410 g/mol. The molecule has 1 aliphatic rings. The van der Waals surface area contributed by atoms with E-state index in [1.54, 1.807) is 6.20 Å². The number of aromatic nitrogens is 3. The molecule has 0 unspecified atom stereocenters. The second-order valence-corrected chi connectivity index (χ2v) is 8.18. The molecule has 168 valence electrons. The van der Waals surface area contributed by atoms with Crippen molar-refractivity contribution < 1.29 is 14.1 Å². The third-order valence-electron chi connectivity index (χ3n) is 6.01. The van der Waals surface area contributed by atoms with Gasteiger partial charge in [-0.05, 0) is 30.7 Å². The molecule has 1 aliphatic carbocycles. The summed E-state index contributed by atoms with van der Waals surface area (Å²) >= 11 is 0. The van der Waals surface area contributed by atoms with Crippen LogP contribution in [0.5, 0.6) is 0 Å². The molecule has 2 aromatic heterocycles. The lowest BCUT2D eigenvalue weighted by atomic mass is 10.0. The Balaban J connectivity index is 1.49. The first kappa shape index (κ1) is 21.7. The highest BCUT2D eigenvalue weighted by molar-refractivity contribution is 6.06. The predicted octanol–water partition coefficient (Wildman–Crippen LogP) is 2.65. The lowest BCUT2D eigenvalue weighted by molar-refractivity contribution is -0.124.